The molecule has 0 nitrogen and oxygen atoms in total. The smallest absolute Gasteiger partial charge is 0.0164 e. The molecule has 82 heavy (non-hydrogen) atoms. The summed E-state index contributed by atoms with van der Waals surface area (Å²) in [6.07, 6.45) is 27.7. The molecule has 440 valence electrons. The standard InChI is InChI=1S/4C18H23.2C2H6Si.2ClH.2Zr/c4*1-13-11-15-14(2)7-8-17(16(15)12-13)18(3)9-5-4-6-10-18;2*1-3-2;;;;/h4*7-8,11-12H,4-6,9-10H2,1-3H3;2*1-2H3;2*1H;;/q4*-1;;;;;2*+2/p-2. The number of halogens is 2. The fraction of sp³-hybridized carbons (Fsp3) is 0.526. The molecule has 0 atom stereocenters. The first kappa shape index (κ1) is 70.9. The maximum Gasteiger partial charge on any atom is -0.0164 e. The van der Waals surface area contributed by atoms with Crippen LogP contribution in [0, 0.1) is 55.4 Å². The average molecular weight is 1330 g/mol. The van der Waals surface area contributed by atoms with Gasteiger partial charge in [-0.05, 0) is 73.0 Å². The van der Waals surface area contributed by atoms with E-state index in [0.29, 0.717) is 21.7 Å². The molecule has 0 saturated heterocycles. The SMILES string of the molecule is C[Si](C)=[Zr+2].C[Si](C)=[Zr+2].Cc1cc2c(C3(C)CCCCC3)ccc(C)c2[cH-]1.Cc1cc2c(C3(C)CCCCC3)ccc(C)c2[cH-]1.Cc1cc2c(C3(C)CCCCC3)ccc(C)c2[cH-]1.Cc1cc2c(C3(C)CCCCC3)ccc(C)c2[cH-]1.[Cl-].[Cl-]. The summed E-state index contributed by atoms with van der Waals surface area (Å²) in [4.78, 5) is 0. The Kier molecular flexibility index (Phi) is 27.1. The minimum absolute atomic E-state index is 0. The van der Waals surface area contributed by atoms with E-state index in [2.05, 4.69) is 206 Å². The normalized spacial score (nSPS) is 17.6. The van der Waals surface area contributed by atoms with Crippen LogP contribution in [-0.4, -0.2) is 10.9 Å². The second kappa shape index (κ2) is 31.3. The van der Waals surface area contributed by atoms with Crippen LogP contribution in [0.15, 0.2) is 97.1 Å². The molecule has 4 saturated carbocycles. The summed E-state index contributed by atoms with van der Waals surface area (Å²) in [5.41, 5.74) is 19.7. The zero-order chi connectivity index (χ0) is 58.2. The average Bonchev–Trinajstić information content (AvgIpc) is 4.36. The number of fused-ring (bicyclic) bond motifs is 4. The van der Waals surface area contributed by atoms with Crippen LogP contribution >= 0.6 is 0 Å². The molecule has 0 bridgehead atoms. The summed E-state index contributed by atoms with van der Waals surface area (Å²) in [5.74, 6) is 0. The third-order valence-corrected chi connectivity index (χ3v) is 19.4. The largest absolute Gasteiger partial charge is 1.00 e. The molecule has 0 radical (unpaired) electrons. The van der Waals surface area contributed by atoms with Gasteiger partial charge in [0.1, 0.15) is 0 Å². The Morgan fingerprint density at radius 1 is 0.305 bits per heavy atom. The van der Waals surface area contributed by atoms with E-state index in [0.717, 1.165) is 0 Å². The zero-order valence-electron chi connectivity index (χ0n) is 54.1. The molecule has 8 aromatic carbocycles. The van der Waals surface area contributed by atoms with Gasteiger partial charge in [-0.1, -0.05) is 207 Å². The molecule has 0 unspecified atom stereocenters. The fourth-order valence-electron chi connectivity index (χ4n) is 14.9. The van der Waals surface area contributed by atoms with Gasteiger partial charge < -0.3 is 24.8 Å². The van der Waals surface area contributed by atoms with Gasteiger partial charge in [-0.3, -0.25) is 0 Å². The van der Waals surface area contributed by atoms with Gasteiger partial charge in [0.05, 0.1) is 0 Å². The van der Waals surface area contributed by atoms with Crippen LogP contribution in [0.25, 0.3) is 43.1 Å². The third-order valence-electron chi connectivity index (χ3n) is 19.4. The number of aryl methyl sites for hydroxylation is 8. The molecule has 0 N–H and O–H groups in total. The van der Waals surface area contributed by atoms with Crippen molar-refractivity contribution in [3.63, 3.8) is 0 Å². The summed E-state index contributed by atoms with van der Waals surface area (Å²) in [6, 6.07) is 37.8. The first-order valence-electron chi connectivity index (χ1n) is 31.6. The molecule has 8 aromatic rings. The summed E-state index contributed by atoms with van der Waals surface area (Å²) in [5, 5.41) is 11.9. The van der Waals surface area contributed by atoms with Gasteiger partial charge in [0, 0.05) is 0 Å². The number of hydrogen-bond acceptors (Lipinski definition) is 0. The summed E-state index contributed by atoms with van der Waals surface area (Å²) < 4.78 is 0. The van der Waals surface area contributed by atoms with E-state index in [1.165, 1.54) is 216 Å². The van der Waals surface area contributed by atoms with Crippen molar-refractivity contribution in [2.75, 3.05) is 0 Å². The summed E-state index contributed by atoms with van der Waals surface area (Å²) in [6.45, 7) is 36.9. The van der Waals surface area contributed by atoms with Gasteiger partial charge >= 0.3 is 83.7 Å². The molecule has 4 fully saturated rings. The molecule has 4 aliphatic carbocycles. The van der Waals surface area contributed by atoms with Crippen LogP contribution < -0.4 is 24.8 Å². The van der Waals surface area contributed by atoms with E-state index in [1.807, 2.05) is 0 Å². The van der Waals surface area contributed by atoms with Crippen molar-refractivity contribution < 1.29 is 71.5 Å². The van der Waals surface area contributed by atoms with Crippen molar-refractivity contribution in [2.24, 2.45) is 0 Å². The summed E-state index contributed by atoms with van der Waals surface area (Å²) >= 11 is 3.48. The van der Waals surface area contributed by atoms with Crippen LogP contribution in [0.1, 0.15) is 223 Å². The Morgan fingerprint density at radius 2 is 0.463 bits per heavy atom. The quantitative estimate of drug-likeness (QED) is 0.122. The van der Waals surface area contributed by atoms with Gasteiger partial charge in [-0.15, -0.1) is 136 Å². The monoisotopic (exact) mass is 1320 g/mol. The van der Waals surface area contributed by atoms with Crippen molar-refractivity contribution >= 4 is 54.0 Å². The Balaban J connectivity index is 0.000000190. The number of rotatable bonds is 4. The van der Waals surface area contributed by atoms with E-state index < -0.39 is 0 Å². The van der Waals surface area contributed by atoms with Crippen LogP contribution in [0.3, 0.4) is 0 Å². The van der Waals surface area contributed by atoms with Crippen LogP contribution in [0.5, 0.6) is 0 Å². The first-order valence-corrected chi connectivity index (χ1v) is 44.0. The first-order chi connectivity index (χ1) is 37.9. The molecule has 0 heterocycles. The minimum atomic E-state index is 0. The molecule has 6 heteroatoms. The van der Waals surface area contributed by atoms with Crippen molar-refractivity contribution in [1.29, 1.82) is 0 Å². The molecule has 0 amide bonds. The summed E-state index contributed by atoms with van der Waals surface area (Å²) in [7, 11) is 0. The van der Waals surface area contributed by atoms with Crippen LogP contribution in [-0.2, 0) is 68.3 Å². The maximum absolute atomic E-state index is 2.47. The minimum Gasteiger partial charge on any atom is -1.00 e. The zero-order valence-corrected chi connectivity index (χ0v) is 62.6. The molecule has 0 aliphatic heterocycles. The second-order valence-corrected chi connectivity index (χ2v) is 46.4. The van der Waals surface area contributed by atoms with Gasteiger partial charge in [0.2, 0.25) is 0 Å². The van der Waals surface area contributed by atoms with E-state index in [1.54, 1.807) is 68.9 Å². The molecule has 0 spiro atoms. The Hall–Kier alpha value is -1.90. The van der Waals surface area contributed by atoms with Crippen molar-refractivity contribution in [1.82, 2.24) is 0 Å². The van der Waals surface area contributed by atoms with Gasteiger partial charge in [-0.2, -0.15) is 24.3 Å². The molecular formula is C76H104Cl2Si2Zr2-2. The predicted octanol–water partition coefficient (Wildman–Crippen LogP) is 17.2. The van der Waals surface area contributed by atoms with Gasteiger partial charge in [0.15, 0.2) is 0 Å². The van der Waals surface area contributed by atoms with Crippen LogP contribution in [0.4, 0.5) is 0 Å². The Morgan fingerprint density at radius 3 is 0.622 bits per heavy atom. The van der Waals surface area contributed by atoms with E-state index >= 15 is 0 Å². The number of hydrogen-bond donors (Lipinski definition) is 0. The topological polar surface area (TPSA) is 0 Å². The Labute approximate surface area is 543 Å². The fourth-order valence-corrected chi connectivity index (χ4v) is 14.9. The third kappa shape index (κ3) is 17.7. The molecule has 12 rings (SSSR count). The van der Waals surface area contributed by atoms with E-state index in [9.17, 15) is 0 Å². The number of benzene rings is 4. The van der Waals surface area contributed by atoms with Gasteiger partial charge in [0.25, 0.3) is 0 Å². The van der Waals surface area contributed by atoms with Crippen molar-refractivity contribution in [3.05, 3.63) is 164 Å². The predicted molar refractivity (Wildman–Crippen MR) is 353 cm³/mol. The Bertz CT molecular complexity index is 2920. The maximum atomic E-state index is 2.47. The van der Waals surface area contributed by atoms with E-state index in [-0.39, 0.29) is 35.7 Å². The van der Waals surface area contributed by atoms with Crippen LogP contribution in [0.2, 0.25) is 26.2 Å². The van der Waals surface area contributed by atoms with Gasteiger partial charge in [-0.25, -0.2) is 0 Å². The molecule has 0 aromatic heterocycles. The van der Waals surface area contributed by atoms with E-state index in [4.69, 9.17) is 0 Å². The van der Waals surface area contributed by atoms with Crippen molar-refractivity contribution in [3.8, 4) is 0 Å². The van der Waals surface area contributed by atoms with Crippen molar-refractivity contribution in [2.45, 2.75) is 259 Å². The second-order valence-electron chi connectivity index (χ2n) is 27.6. The molecular weight excluding hydrogens is 1220 g/mol. The molecule has 4 aliphatic rings.